The van der Waals surface area contributed by atoms with Crippen LogP contribution in [0, 0.1) is 0 Å². The first-order chi connectivity index (χ1) is 8.75. The molecule has 0 aromatic heterocycles. The molecule has 2 aromatic rings. The van der Waals surface area contributed by atoms with Crippen LogP contribution >= 0.6 is 0 Å². The van der Waals surface area contributed by atoms with Crippen molar-refractivity contribution in [3.63, 3.8) is 0 Å². The highest BCUT2D eigenvalue weighted by Gasteiger charge is 2.29. The van der Waals surface area contributed by atoms with Crippen molar-refractivity contribution < 1.29 is 14.6 Å². The summed E-state index contributed by atoms with van der Waals surface area (Å²) in [6.07, 6.45) is -0.0119. The van der Waals surface area contributed by atoms with Crippen LogP contribution in [0.5, 0.6) is 11.5 Å². The highest BCUT2D eigenvalue weighted by atomic mass is 16.5. The molecule has 90 valence electrons. The van der Waals surface area contributed by atoms with Gasteiger partial charge in [0.25, 0.3) is 0 Å². The quantitative estimate of drug-likeness (QED) is 0.833. The molecule has 3 rings (SSSR count). The molecular formula is C15H12O3. The lowest BCUT2D eigenvalue weighted by molar-refractivity contribution is 0.0845. The topological polar surface area (TPSA) is 46.5 Å². The van der Waals surface area contributed by atoms with Crippen molar-refractivity contribution in [2.75, 3.05) is 0 Å². The SMILES string of the molecule is O=C1C[C@@H](c2ccccc2)Oc2cccc(O)c21. The molecule has 0 unspecified atom stereocenters. The Balaban J connectivity index is 2.00. The van der Waals surface area contributed by atoms with Crippen LogP contribution in [0.25, 0.3) is 0 Å². The van der Waals surface area contributed by atoms with Gasteiger partial charge in [-0.15, -0.1) is 0 Å². The van der Waals surface area contributed by atoms with E-state index in [1.165, 1.54) is 6.07 Å². The molecule has 1 aliphatic heterocycles. The Labute approximate surface area is 105 Å². The lowest BCUT2D eigenvalue weighted by Crippen LogP contribution is -2.20. The third-order valence-corrected chi connectivity index (χ3v) is 3.09. The Kier molecular flexibility index (Phi) is 2.52. The van der Waals surface area contributed by atoms with Crippen LogP contribution in [0.2, 0.25) is 0 Å². The smallest absolute Gasteiger partial charge is 0.174 e. The molecule has 0 saturated carbocycles. The number of hydrogen-bond donors (Lipinski definition) is 1. The number of ether oxygens (including phenoxy) is 1. The van der Waals surface area contributed by atoms with Crippen molar-refractivity contribution in [3.8, 4) is 11.5 Å². The van der Waals surface area contributed by atoms with E-state index in [0.717, 1.165) is 5.56 Å². The summed E-state index contributed by atoms with van der Waals surface area (Å²) in [6, 6.07) is 14.5. The van der Waals surface area contributed by atoms with Gasteiger partial charge in [0.2, 0.25) is 0 Å². The molecular weight excluding hydrogens is 228 g/mol. The second-order valence-corrected chi connectivity index (χ2v) is 4.29. The Hall–Kier alpha value is -2.29. The van der Waals surface area contributed by atoms with E-state index in [0.29, 0.717) is 11.3 Å². The molecule has 18 heavy (non-hydrogen) atoms. The van der Waals surface area contributed by atoms with Gasteiger partial charge < -0.3 is 9.84 Å². The molecule has 0 spiro atoms. The third kappa shape index (κ3) is 1.74. The molecule has 0 saturated heterocycles. The van der Waals surface area contributed by atoms with E-state index in [1.807, 2.05) is 30.3 Å². The van der Waals surface area contributed by atoms with Crippen molar-refractivity contribution >= 4 is 5.78 Å². The molecule has 0 bridgehead atoms. The number of carbonyl (C=O) groups excluding carboxylic acids is 1. The van der Waals surface area contributed by atoms with Crippen LogP contribution in [-0.2, 0) is 0 Å². The first-order valence-electron chi connectivity index (χ1n) is 5.82. The average Bonchev–Trinajstić information content (AvgIpc) is 2.39. The Morgan fingerprint density at radius 2 is 1.83 bits per heavy atom. The molecule has 3 nitrogen and oxygen atoms in total. The number of hydrogen-bond acceptors (Lipinski definition) is 3. The summed E-state index contributed by atoms with van der Waals surface area (Å²) >= 11 is 0. The first-order valence-corrected chi connectivity index (χ1v) is 5.82. The molecule has 0 aliphatic carbocycles. The van der Waals surface area contributed by atoms with Gasteiger partial charge >= 0.3 is 0 Å². The van der Waals surface area contributed by atoms with Gasteiger partial charge in [0.15, 0.2) is 5.78 Å². The van der Waals surface area contributed by atoms with Gasteiger partial charge in [-0.1, -0.05) is 36.4 Å². The van der Waals surface area contributed by atoms with Crippen LogP contribution in [-0.4, -0.2) is 10.9 Å². The minimum absolute atomic E-state index is 0.0102. The maximum Gasteiger partial charge on any atom is 0.174 e. The van der Waals surface area contributed by atoms with Gasteiger partial charge in [-0.25, -0.2) is 0 Å². The molecule has 2 aromatic carbocycles. The molecule has 0 amide bonds. The fraction of sp³-hybridized carbons (Fsp3) is 0.133. The van der Waals surface area contributed by atoms with E-state index in [-0.39, 0.29) is 24.1 Å². The monoisotopic (exact) mass is 240 g/mol. The number of phenolic OH excluding ortho intramolecular Hbond substituents is 1. The summed E-state index contributed by atoms with van der Waals surface area (Å²) < 4.78 is 5.79. The summed E-state index contributed by atoms with van der Waals surface area (Å²) in [5.74, 6) is 0.368. The molecule has 1 atom stereocenters. The summed E-state index contributed by atoms with van der Waals surface area (Å²) in [7, 11) is 0. The lowest BCUT2D eigenvalue weighted by atomic mass is 9.96. The fourth-order valence-electron chi connectivity index (χ4n) is 2.22. The predicted octanol–water partition coefficient (Wildman–Crippen LogP) is 3.10. The van der Waals surface area contributed by atoms with E-state index in [4.69, 9.17) is 4.74 Å². The number of rotatable bonds is 1. The van der Waals surface area contributed by atoms with E-state index < -0.39 is 0 Å². The number of carbonyl (C=O) groups is 1. The van der Waals surface area contributed by atoms with Crippen molar-refractivity contribution in [1.29, 1.82) is 0 Å². The molecule has 0 radical (unpaired) electrons. The fourth-order valence-corrected chi connectivity index (χ4v) is 2.22. The standard InChI is InChI=1S/C15H12O3/c16-11-7-4-8-13-15(11)12(17)9-14(18-13)10-5-2-1-3-6-10/h1-8,14,16H,9H2/t14-/m0/s1. The van der Waals surface area contributed by atoms with Crippen LogP contribution in [0.15, 0.2) is 48.5 Å². The zero-order chi connectivity index (χ0) is 12.5. The van der Waals surface area contributed by atoms with Crippen LogP contribution in [0.3, 0.4) is 0 Å². The van der Waals surface area contributed by atoms with Gasteiger partial charge in [0, 0.05) is 0 Å². The second-order valence-electron chi connectivity index (χ2n) is 4.29. The Morgan fingerprint density at radius 3 is 2.61 bits per heavy atom. The normalized spacial score (nSPS) is 18.0. The van der Waals surface area contributed by atoms with Crippen LogP contribution in [0.4, 0.5) is 0 Å². The van der Waals surface area contributed by atoms with Gasteiger partial charge in [0.05, 0.1) is 6.42 Å². The van der Waals surface area contributed by atoms with E-state index in [2.05, 4.69) is 0 Å². The summed E-state index contributed by atoms with van der Waals surface area (Å²) in [4.78, 5) is 12.1. The number of Topliss-reactive ketones (excluding diaryl/α,β-unsaturated/α-hetero) is 1. The molecule has 1 N–H and O–H groups in total. The second kappa shape index (κ2) is 4.18. The van der Waals surface area contributed by atoms with Crippen molar-refractivity contribution in [2.45, 2.75) is 12.5 Å². The van der Waals surface area contributed by atoms with E-state index >= 15 is 0 Å². The summed E-state index contributed by atoms with van der Waals surface area (Å²) in [6.45, 7) is 0. The van der Waals surface area contributed by atoms with Gasteiger partial charge in [0.1, 0.15) is 23.2 Å². The predicted molar refractivity (Wildman–Crippen MR) is 66.9 cm³/mol. The summed E-state index contributed by atoms with van der Waals surface area (Å²) in [5, 5.41) is 9.68. The van der Waals surface area contributed by atoms with Gasteiger partial charge in [-0.05, 0) is 17.7 Å². The number of phenols is 1. The van der Waals surface area contributed by atoms with Crippen LogP contribution < -0.4 is 4.74 Å². The van der Waals surface area contributed by atoms with Crippen molar-refractivity contribution in [3.05, 3.63) is 59.7 Å². The minimum atomic E-state index is -0.270. The van der Waals surface area contributed by atoms with Gasteiger partial charge in [-0.3, -0.25) is 4.79 Å². The number of ketones is 1. The van der Waals surface area contributed by atoms with E-state index in [9.17, 15) is 9.90 Å². The molecule has 1 aliphatic rings. The zero-order valence-electron chi connectivity index (χ0n) is 9.67. The average molecular weight is 240 g/mol. The maximum atomic E-state index is 12.1. The van der Waals surface area contributed by atoms with Crippen molar-refractivity contribution in [2.24, 2.45) is 0 Å². The number of fused-ring (bicyclic) bond motifs is 1. The largest absolute Gasteiger partial charge is 0.507 e. The minimum Gasteiger partial charge on any atom is -0.507 e. The van der Waals surface area contributed by atoms with Crippen molar-refractivity contribution in [1.82, 2.24) is 0 Å². The molecule has 3 heteroatoms. The first kappa shape index (κ1) is 10.8. The number of aromatic hydroxyl groups is 1. The molecule has 1 heterocycles. The van der Waals surface area contributed by atoms with Gasteiger partial charge in [-0.2, -0.15) is 0 Å². The van der Waals surface area contributed by atoms with Crippen LogP contribution in [0.1, 0.15) is 28.4 Å². The lowest BCUT2D eigenvalue weighted by Gasteiger charge is -2.25. The highest BCUT2D eigenvalue weighted by molar-refractivity contribution is 6.02. The zero-order valence-corrected chi connectivity index (χ0v) is 9.67. The summed E-state index contributed by atoms with van der Waals surface area (Å²) in [5.41, 5.74) is 1.27. The third-order valence-electron chi connectivity index (χ3n) is 3.09. The molecule has 0 fully saturated rings. The Morgan fingerprint density at radius 1 is 1.06 bits per heavy atom. The highest BCUT2D eigenvalue weighted by Crippen LogP contribution is 2.38. The van der Waals surface area contributed by atoms with E-state index in [1.54, 1.807) is 12.1 Å². The Bertz CT molecular complexity index is 590. The number of benzene rings is 2. The maximum absolute atomic E-state index is 12.1.